The second-order valence-electron chi connectivity index (χ2n) is 5.33. The number of rotatable bonds is 7. The highest BCUT2D eigenvalue weighted by molar-refractivity contribution is 7.88. The minimum absolute atomic E-state index is 0.102. The highest BCUT2D eigenvalue weighted by Crippen LogP contribution is 2.22. The molecule has 0 aliphatic heterocycles. The Morgan fingerprint density at radius 2 is 2.04 bits per heavy atom. The third-order valence-electron chi connectivity index (χ3n) is 3.43. The fourth-order valence-corrected chi connectivity index (χ4v) is 4.09. The van der Waals surface area contributed by atoms with Crippen LogP contribution in [0.5, 0.6) is 0 Å². The van der Waals surface area contributed by atoms with Gasteiger partial charge in [-0.1, -0.05) is 6.07 Å². The number of hydrogen-bond donors (Lipinski definition) is 1. The molecule has 132 valence electrons. The molecule has 3 rings (SSSR count). The molecule has 0 atom stereocenters. The molecule has 0 aliphatic carbocycles. The van der Waals surface area contributed by atoms with Gasteiger partial charge >= 0.3 is 0 Å². The average Bonchev–Trinajstić information content (AvgIpc) is 3.21. The first kappa shape index (κ1) is 17.7. The molecule has 9 heteroatoms. The van der Waals surface area contributed by atoms with Gasteiger partial charge in [-0.25, -0.2) is 21.9 Å². The first-order valence-electron chi connectivity index (χ1n) is 7.41. The predicted molar refractivity (Wildman–Crippen MR) is 92.5 cm³/mol. The van der Waals surface area contributed by atoms with E-state index in [1.807, 2.05) is 23.6 Å². The normalized spacial score (nSPS) is 11.8. The van der Waals surface area contributed by atoms with Gasteiger partial charge in [0.1, 0.15) is 17.3 Å². The van der Waals surface area contributed by atoms with Crippen molar-refractivity contribution in [2.75, 3.05) is 6.54 Å². The van der Waals surface area contributed by atoms with Crippen molar-refractivity contribution >= 4 is 21.4 Å². The van der Waals surface area contributed by atoms with E-state index >= 15 is 0 Å². The number of aromatic nitrogens is 2. The highest BCUT2D eigenvalue weighted by Gasteiger charge is 2.15. The fraction of sp³-hybridized carbons (Fsp3) is 0.188. The van der Waals surface area contributed by atoms with E-state index in [1.165, 1.54) is 0 Å². The van der Waals surface area contributed by atoms with Crippen LogP contribution in [0.25, 0.3) is 10.6 Å². The smallest absolute Gasteiger partial charge is 0.215 e. The standard InChI is InChI=1S/C16H15F2N3O2S2/c17-13-3-4-14(18)12(10-13)11-25(22,23)19-6-8-21-7-5-15(20-21)16-2-1-9-24-16/h1-5,7,9-10,19H,6,8,11H2. The van der Waals surface area contributed by atoms with E-state index in [1.54, 1.807) is 22.2 Å². The molecule has 0 amide bonds. The van der Waals surface area contributed by atoms with Gasteiger partial charge in [-0.3, -0.25) is 4.68 Å². The molecule has 0 saturated carbocycles. The van der Waals surface area contributed by atoms with Crippen molar-refractivity contribution in [1.82, 2.24) is 14.5 Å². The lowest BCUT2D eigenvalue weighted by molar-refractivity contribution is 0.555. The molecule has 1 aromatic carbocycles. The molecule has 5 nitrogen and oxygen atoms in total. The fourth-order valence-electron chi connectivity index (χ4n) is 2.27. The van der Waals surface area contributed by atoms with Crippen LogP contribution in [0.15, 0.2) is 48.0 Å². The SMILES string of the molecule is O=S(=O)(Cc1cc(F)ccc1F)NCCn1ccc(-c2cccs2)n1. The quantitative estimate of drug-likeness (QED) is 0.682. The lowest BCUT2D eigenvalue weighted by Gasteiger charge is -2.08. The zero-order chi connectivity index (χ0) is 17.9. The molecule has 1 N–H and O–H groups in total. The van der Waals surface area contributed by atoms with Crippen LogP contribution >= 0.6 is 11.3 Å². The number of halogens is 2. The second-order valence-corrected chi connectivity index (χ2v) is 8.09. The Kier molecular flexibility index (Phi) is 5.26. The van der Waals surface area contributed by atoms with Crippen LogP contribution in [0.4, 0.5) is 8.78 Å². The largest absolute Gasteiger partial charge is 0.271 e. The summed E-state index contributed by atoms with van der Waals surface area (Å²) in [6.07, 6.45) is 1.76. The molecule has 0 bridgehead atoms. The summed E-state index contributed by atoms with van der Waals surface area (Å²) in [4.78, 5) is 1.03. The molecular formula is C16H15F2N3O2S2. The number of thiophene rings is 1. The van der Waals surface area contributed by atoms with E-state index in [9.17, 15) is 17.2 Å². The van der Waals surface area contributed by atoms with Gasteiger partial charge < -0.3 is 0 Å². The summed E-state index contributed by atoms with van der Waals surface area (Å²) in [5.41, 5.74) is 0.617. The van der Waals surface area contributed by atoms with Crippen LogP contribution in [-0.2, 0) is 22.3 Å². The molecule has 0 unspecified atom stereocenters. The summed E-state index contributed by atoms with van der Waals surface area (Å²) in [6.45, 7) is 0.432. The molecule has 0 saturated heterocycles. The molecule has 3 aromatic rings. The predicted octanol–water partition coefficient (Wildman–Crippen LogP) is 3.01. The van der Waals surface area contributed by atoms with Gasteiger partial charge in [-0.15, -0.1) is 11.3 Å². The minimum atomic E-state index is -3.78. The van der Waals surface area contributed by atoms with Gasteiger partial charge in [0.15, 0.2) is 0 Å². The van der Waals surface area contributed by atoms with Crippen molar-refractivity contribution in [3.8, 4) is 10.6 Å². The van der Waals surface area contributed by atoms with E-state index in [0.717, 1.165) is 28.8 Å². The summed E-state index contributed by atoms with van der Waals surface area (Å²) >= 11 is 1.57. The number of benzene rings is 1. The van der Waals surface area contributed by atoms with Gasteiger partial charge in [0.05, 0.1) is 17.2 Å². The molecule has 2 aromatic heterocycles. The van der Waals surface area contributed by atoms with Crippen LogP contribution in [0.2, 0.25) is 0 Å². The van der Waals surface area contributed by atoms with Crippen molar-refractivity contribution in [3.63, 3.8) is 0 Å². The number of nitrogens with zero attached hydrogens (tertiary/aromatic N) is 2. The summed E-state index contributed by atoms with van der Waals surface area (Å²) in [6, 6.07) is 8.47. The third-order valence-corrected chi connectivity index (χ3v) is 5.66. The van der Waals surface area contributed by atoms with Gasteiger partial charge in [-0.05, 0) is 35.7 Å². The Balaban J connectivity index is 1.57. The topological polar surface area (TPSA) is 64.0 Å². The Hall–Kier alpha value is -2.10. The zero-order valence-electron chi connectivity index (χ0n) is 13.0. The van der Waals surface area contributed by atoms with E-state index in [-0.39, 0.29) is 12.1 Å². The number of nitrogens with one attached hydrogen (secondary N) is 1. The Morgan fingerprint density at radius 1 is 1.20 bits per heavy atom. The molecule has 0 aliphatic rings. The lowest BCUT2D eigenvalue weighted by Crippen LogP contribution is -2.29. The lowest BCUT2D eigenvalue weighted by atomic mass is 10.2. The van der Waals surface area contributed by atoms with Crippen molar-refractivity contribution in [2.24, 2.45) is 0 Å². The first-order valence-corrected chi connectivity index (χ1v) is 9.95. The van der Waals surface area contributed by atoms with Crippen LogP contribution in [0.3, 0.4) is 0 Å². The average molecular weight is 383 g/mol. The summed E-state index contributed by atoms with van der Waals surface area (Å²) in [5.74, 6) is -2.04. The Labute approximate surface area is 148 Å². The van der Waals surface area contributed by atoms with E-state index in [4.69, 9.17) is 0 Å². The summed E-state index contributed by atoms with van der Waals surface area (Å²) < 4.78 is 54.7. The summed E-state index contributed by atoms with van der Waals surface area (Å²) in [7, 11) is -3.78. The number of hydrogen-bond acceptors (Lipinski definition) is 4. The van der Waals surface area contributed by atoms with Crippen molar-refractivity contribution in [3.05, 3.63) is 65.2 Å². The molecule has 25 heavy (non-hydrogen) atoms. The molecule has 2 heterocycles. The van der Waals surface area contributed by atoms with E-state index in [2.05, 4.69) is 9.82 Å². The molecule has 0 fully saturated rings. The maximum atomic E-state index is 13.6. The van der Waals surface area contributed by atoms with Gasteiger partial charge in [-0.2, -0.15) is 5.10 Å². The van der Waals surface area contributed by atoms with E-state index in [0.29, 0.717) is 6.54 Å². The van der Waals surface area contributed by atoms with Gasteiger partial charge in [0.2, 0.25) is 10.0 Å². The van der Waals surface area contributed by atoms with Crippen molar-refractivity contribution in [2.45, 2.75) is 12.3 Å². The second kappa shape index (κ2) is 7.42. The number of sulfonamides is 1. The Bertz CT molecular complexity index is 954. The maximum absolute atomic E-state index is 13.6. The monoisotopic (exact) mass is 383 g/mol. The zero-order valence-corrected chi connectivity index (χ0v) is 14.7. The minimum Gasteiger partial charge on any atom is -0.271 e. The van der Waals surface area contributed by atoms with E-state index < -0.39 is 27.4 Å². The van der Waals surface area contributed by atoms with Crippen LogP contribution in [0, 0.1) is 11.6 Å². The molecular weight excluding hydrogens is 368 g/mol. The van der Waals surface area contributed by atoms with Crippen molar-refractivity contribution in [1.29, 1.82) is 0 Å². The maximum Gasteiger partial charge on any atom is 0.215 e. The summed E-state index contributed by atoms with van der Waals surface area (Å²) in [5, 5.41) is 6.32. The molecule has 0 spiro atoms. The molecule has 0 radical (unpaired) electrons. The van der Waals surface area contributed by atoms with Gasteiger partial charge in [0.25, 0.3) is 0 Å². The third kappa shape index (κ3) is 4.71. The van der Waals surface area contributed by atoms with Crippen molar-refractivity contribution < 1.29 is 17.2 Å². The first-order chi connectivity index (χ1) is 11.9. The van der Waals surface area contributed by atoms with Gasteiger partial charge in [0, 0.05) is 18.3 Å². The van der Waals surface area contributed by atoms with Crippen LogP contribution in [0.1, 0.15) is 5.56 Å². The van der Waals surface area contributed by atoms with Crippen LogP contribution < -0.4 is 4.72 Å². The Morgan fingerprint density at radius 3 is 2.80 bits per heavy atom. The highest BCUT2D eigenvalue weighted by atomic mass is 32.2. The van der Waals surface area contributed by atoms with Crippen LogP contribution in [-0.4, -0.2) is 24.7 Å².